The number of hydrogen-bond acceptors (Lipinski definition) is 3. The average molecular weight is 322 g/mol. The van der Waals surface area contributed by atoms with Crippen LogP contribution in [0, 0.1) is 6.92 Å². The van der Waals surface area contributed by atoms with Gasteiger partial charge in [-0.2, -0.15) is 0 Å². The second kappa shape index (κ2) is 4.85. The summed E-state index contributed by atoms with van der Waals surface area (Å²) in [6.07, 6.45) is -1.20. The Bertz CT molecular complexity index is 823. The third-order valence-electron chi connectivity index (χ3n) is 5.89. The van der Waals surface area contributed by atoms with Crippen molar-refractivity contribution in [1.29, 1.82) is 0 Å². The minimum atomic E-state index is -0.564. The van der Waals surface area contributed by atoms with E-state index in [0.29, 0.717) is 0 Å². The summed E-state index contributed by atoms with van der Waals surface area (Å²) < 4.78 is 11.4. The van der Waals surface area contributed by atoms with Crippen LogP contribution in [0.2, 0.25) is 0 Å². The Morgan fingerprint density at radius 2 is 1.33 bits per heavy atom. The zero-order chi connectivity index (χ0) is 17.1. The largest absolute Gasteiger partial charge is 0.509 e. The molecule has 1 heterocycles. The Labute approximate surface area is 142 Å². The molecule has 1 fully saturated rings. The first-order valence-corrected chi connectivity index (χ1v) is 8.40. The molecule has 124 valence electrons. The molecule has 4 rings (SSSR count). The standard InChI is InChI=1S/C21H22O3/c1-13-9-5-6-10-14(13)21(4)16-12-8-7-11-15(16)20(2,3)17-18(21)24-19(22)23-17/h5-12,17-18H,1-4H3/t17-,18+,21+/m0/s1. The van der Waals surface area contributed by atoms with Gasteiger partial charge in [-0.3, -0.25) is 0 Å². The Hall–Kier alpha value is -2.29. The maximum atomic E-state index is 12.0. The molecule has 3 nitrogen and oxygen atoms in total. The fraction of sp³-hybridized carbons (Fsp3) is 0.381. The zero-order valence-electron chi connectivity index (χ0n) is 14.5. The first kappa shape index (κ1) is 15.3. The summed E-state index contributed by atoms with van der Waals surface area (Å²) in [5.41, 5.74) is 4.07. The van der Waals surface area contributed by atoms with E-state index < -0.39 is 11.6 Å². The van der Waals surface area contributed by atoms with E-state index in [9.17, 15) is 4.79 Å². The van der Waals surface area contributed by atoms with E-state index in [1.54, 1.807) is 0 Å². The Balaban J connectivity index is 2.05. The summed E-state index contributed by atoms with van der Waals surface area (Å²) in [6, 6.07) is 16.7. The minimum absolute atomic E-state index is 0.296. The quantitative estimate of drug-likeness (QED) is 0.725. The number of fused-ring (bicyclic) bond motifs is 2. The number of benzene rings is 2. The number of carbonyl (C=O) groups is 1. The van der Waals surface area contributed by atoms with Crippen molar-refractivity contribution in [2.45, 2.75) is 50.7 Å². The zero-order valence-corrected chi connectivity index (χ0v) is 14.5. The van der Waals surface area contributed by atoms with Crippen LogP contribution in [0.3, 0.4) is 0 Å². The lowest BCUT2D eigenvalue weighted by molar-refractivity contribution is 0.0385. The SMILES string of the molecule is Cc1ccccc1[C@]1(C)c2ccccc2C(C)(C)[C@H]2OC(=O)O[C@H]21. The smallest absolute Gasteiger partial charge is 0.426 e. The topological polar surface area (TPSA) is 35.5 Å². The fourth-order valence-corrected chi connectivity index (χ4v) is 4.56. The summed E-state index contributed by atoms with van der Waals surface area (Å²) in [5, 5.41) is 0. The van der Waals surface area contributed by atoms with Crippen LogP contribution in [0.15, 0.2) is 48.5 Å². The Morgan fingerprint density at radius 3 is 2.00 bits per heavy atom. The summed E-state index contributed by atoms with van der Waals surface area (Å²) in [6.45, 7) is 8.53. The maximum absolute atomic E-state index is 12.0. The van der Waals surface area contributed by atoms with Crippen molar-refractivity contribution in [2.24, 2.45) is 0 Å². The number of hydrogen-bond donors (Lipinski definition) is 0. The molecule has 0 amide bonds. The summed E-state index contributed by atoms with van der Waals surface area (Å²) in [7, 11) is 0. The predicted molar refractivity (Wildman–Crippen MR) is 92.2 cm³/mol. The van der Waals surface area contributed by atoms with Gasteiger partial charge in [0.2, 0.25) is 0 Å². The highest BCUT2D eigenvalue weighted by Crippen LogP contribution is 2.53. The van der Waals surface area contributed by atoms with Crippen LogP contribution in [0.5, 0.6) is 0 Å². The molecule has 0 N–H and O–H groups in total. The molecule has 2 aromatic carbocycles. The van der Waals surface area contributed by atoms with E-state index in [2.05, 4.69) is 64.1 Å². The molecule has 2 aromatic rings. The molecule has 1 aliphatic carbocycles. The number of aryl methyl sites for hydroxylation is 1. The summed E-state index contributed by atoms with van der Waals surface area (Å²) in [5.74, 6) is 0. The number of carbonyl (C=O) groups excluding carboxylic acids is 1. The third-order valence-corrected chi connectivity index (χ3v) is 5.89. The van der Waals surface area contributed by atoms with Gasteiger partial charge in [-0.1, -0.05) is 62.4 Å². The lowest BCUT2D eigenvalue weighted by atomic mass is 9.56. The van der Waals surface area contributed by atoms with Crippen molar-refractivity contribution in [3.8, 4) is 0 Å². The minimum Gasteiger partial charge on any atom is -0.426 e. The normalized spacial score (nSPS) is 30.1. The van der Waals surface area contributed by atoms with Crippen LogP contribution in [-0.2, 0) is 20.3 Å². The van der Waals surface area contributed by atoms with Gasteiger partial charge in [-0.05, 0) is 36.1 Å². The molecule has 0 unspecified atom stereocenters. The predicted octanol–water partition coefficient (Wildman–Crippen LogP) is 4.50. The highest BCUT2D eigenvalue weighted by Gasteiger charge is 2.61. The molecular weight excluding hydrogens is 300 g/mol. The summed E-state index contributed by atoms with van der Waals surface area (Å²) >= 11 is 0. The lowest BCUT2D eigenvalue weighted by Gasteiger charge is -2.49. The molecule has 0 radical (unpaired) electrons. The van der Waals surface area contributed by atoms with E-state index in [1.165, 1.54) is 22.3 Å². The molecule has 24 heavy (non-hydrogen) atoms. The van der Waals surface area contributed by atoms with E-state index in [-0.39, 0.29) is 17.6 Å². The van der Waals surface area contributed by atoms with Crippen LogP contribution >= 0.6 is 0 Å². The van der Waals surface area contributed by atoms with Gasteiger partial charge in [-0.25, -0.2) is 4.79 Å². The molecular formula is C21H22O3. The first-order chi connectivity index (χ1) is 11.4. The fourth-order valence-electron chi connectivity index (χ4n) is 4.56. The monoisotopic (exact) mass is 322 g/mol. The number of rotatable bonds is 1. The molecule has 1 saturated heterocycles. The van der Waals surface area contributed by atoms with E-state index >= 15 is 0 Å². The molecule has 2 aliphatic rings. The molecule has 3 heteroatoms. The van der Waals surface area contributed by atoms with Crippen molar-refractivity contribution in [1.82, 2.24) is 0 Å². The van der Waals surface area contributed by atoms with Crippen LogP contribution in [0.1, 0.15) is 43.0 Å². The van der Waals surface area contributed by atoms with Crippen molar-refractivity contribution < 1.29 is 14.3 Å². The first-order valence-electron chi connectivity index (χ1n) is 8.40. The van der Waals surface area contributed by atoms with Crippen LogP contribution in [0.4, 0.5) is 4.79 Å². The van der Waals surface area contributed by atoms with Gasteiger partial charge < -0.3 is 9.47 Å². The maximum Gasteiger partial charge on any atom is 0.509 e. The average Bonchev–Trinajstić information content (AvgIpc) is 2.97. The van der Waals surface area contributed by atoms with Crippen molar-refractivity contribution in [2.75, 3.05) is 0 Å². The van der Waals surface area contributed by atoms with Crippen molar-refractivity contribution >= 4 is 6.16 Å². The van der Waals surface area contributed by atoms with E-state index in [0.717, 1.165) is 0 Å². The van der Waals surface area contributed by atoms with Gasteiger partial charge in [-0.15, -0.1) is 0 Å². The highest BCUT2D eigenvalue weighted by molar-refractivity contribution is 5.66. The molecule has 0 bridgehead atoms. The second-order valence-electron chi connectivity index (χ2n) is 7.61. The number of ether oxygens (including phenoxy) is 2. The molecule has 1 aliphatic heterocycles. The van der Waals surface area contributed by atoms with Gasteiger partial charge in [0.05, 0.1) is 5.41 Å². The van der Waals surface area contributed by atoms with Crippen molar-refractivity contribution in [3.05, 3.63) is 70.8 Å². The second-order valence-corrected chi connectivity index (χ2v) is 7.61. The van der Waals surface area contributed by atoms with Crippen LogP contribution < -0.4 is 0 Å². The highest BCUT2D eigenvalue weighted by atomic mass is 16.8. The van der Waals surface area contributed by atoms with Gasteiger partial charge in [0.15, 0.2) is 12.2 Å². The van der Waals surface area contributed by atoms with Crippen molar-refractivity contribution in [3.63, 3.8) is 0 Å². The van der Waals surface area contributed by atoms with Gasteiger partial charge in [0, 0.05) is 5.41 Å². The van der Waals surface area contributed by atoms with Crippen LogP contribution in [0.25, 0.3) is 0 Å². The molecule has 0 saturated carbocycles. The third kappa shape index (κ3) is 1.81. The molecule has 0 spiro atoms. The molecule has 0 aromatic heterocycles. The lowest BCUT2D eigenvalue weighted by Crippen LogP contribution is -2.56. The van der Waals surface area contributed by atoms with Gasteiger partial charge >= 0.3 is 6.16 Å². The Morgan fingerprint density at radius 1 is 0.792 bits per heavy atom. The summed E-state index contributed by atoms with van der Waals surface area (Å²) in [4.78, 5) is 12.0. The van der Waals surface area contributed by atoms with E-state index in [1.807, 2.05) is 12.1 Å². The van der Waals surface area contributed by atoms with Gasteiger partial charge in [0.1, 0.15) is 0 Å². The van der Waals surface area contributed by atoms with Crippen LogP contribution in [-0.4, -0.2) is 18.4 Å². The van der Waals surface area contributed by atoms with Gasteiger partial charge in [0.25, 0.3) is 0 Å². The van der Waals surface area contributed by atoms with E-state index in [4.69, 9.17) is 9.47 Å². The molecule has 3 atom stereocenters. The Kier molecular flexibility index (Phi) is 3.08.